The zero-order chi connectivity index (χ0) is 19.6. The second kappa shape index (κ2) is 17.5. The van der Waals surface area contributed by atoms with Crippen LogP contribution in [0.5, 0.6) is 0 Å². The van der Waals surface area contributed by atoms with Crippen LogP contribution in [0.3, 0.4) is 0 Å². The molecule has 0 aromatic rings. The van der Waals surface area contributed by atoms with Crippen LogP contribution < -0.4 is 14.0 Å². The average Bonchev–Trinajstić information content (AvgIpc) is 2.51. The molecule has 0 heterocycles. The van der Waals surface area contributed by atoms with E-state index in [9.17, 15) is 0 Å². The van der Waals surface area contributed by atoms with E-state index in [1.165, 1.54) is 101 Å². The molecule has 0 unspecified atom stereocenters. The van der Waals surface area contributed by atoms with Crippen LogP contribution in [-0.4, -0.2) is 35.8 Å². The first-order chi connectivity index (χ1) is 11.7. The third-order valence-corrected chi connectivity index (χ3v) is 4.65. The maximum Gasteiger partial charge on any atom is 0.0784 e. The van der Waals surface area contributed by atoms with Crippen LogP contribution >= 0.6 is 0 Å². The molecule has 0 amide bonds. The summed E-state index contributed by atoms with van der Waals surface area (Å²) >= 11 is 0. The third kappa shape index (κ3) is 26.4. The summed E-state index contributed by atoms with van der Waals surface area (Å²) in [6.45, 7) is 11.2. The Hall–Kier alpha value is 0.0900. The molecule has 25 heavy (non-hydrogen) atoms. The number of unbranched alkanes of at least 4 members (excludes halogenated alkanes) is 9. The number of halogens is 1. The van der Waals surface area contributed by atoms with E-state index in [1.54, 1.807) is 0 Å². The molecule has 1 N–H and O–H groups in total. The van der Waals surface area contributed by atoms with Gasteiger partial charge in [0.25, 0.3) is 0 Å². The number of quaternary nitrogens is 1. The highest BCUT2D eigenvalue weighted by atomic mass is 35.7. The van der Waals surface area contributed by atoms with Crippen molar-refractivity contribution in [2.24, 2.45) is 0 Å². The molecular weight excluding hydrogens is 342 g/mol. The Morgan fingerprint density at radius 1 is 0.600 bits per heavy atom. The minimum Gasteiger partial charge on any atom is -0.326 e. The summed E-state index contributed by atoms with van der Waals surface area (Å²) in [6, 6.07) is 0. The Balaban J connectivity index is 0. The van der Waals surface area contributed by atoms with Crippen molar-refractivity contribution in [2.45, 2.75) is 97.8 Å². The highest BCUT2D eigenvalue weighted by Crippen LogP contribution is 2.14. The monoisotopic (exact) mass is 384 g/mol. The van der Waals surface area contributed by atoms with Gasteiger partial charge in [-0.3, -0.25) is 0 Å². The van der Waals surface area contributed by atoms with E-state index in [2.05, 4.69) is 27.8 Å². The number of nitrogens with zero attached hydrogens (tertiary/aromatic N) is 1. The van der Waals surface area contributed by atoms with Crippen molar-refractivity contribution in [3.05, 3.63) is 0 Å². The van der Waals surface area contributed by atoms with Crippen molar-refractivity contribution >= 4 is 0 Å². The molecule has 0 spiro atoms. The smallest absolute Gasteiger partial charge is 0.0784 e. The molecule has 0 atom stereocenters. The van der Waals surface area contributed by atoms with Gasteiger partial charge < -0.3 is 4.48 Å². The van der Waals surface area contributed by atoms with Gasteiger partial charge in [-0.2, -0.15) is 14.0 Å². The summed E-state index contributed by atoms with van der Waals surface area (Å²) in [6.07, 6.45) is 17.0. The van der Waals surface area contributed by atoms with Gasteiger partial charge >= 0.3 is 0 Å². The molecule has 0 aromatic heterocycles. The van der Waals surface area contributed by atoms with Gasteiger partial charge in [0, 0.05) is 0 Å². The number of hydrogen-bond donors (Lipinski definition) is 1. The Morgan fingerprint density at radius 3 is 1.04 bits per heavy atom. The van der Waals surface area contributed by atoms with Crippen LogP contribution in [0.15, 0.2) is 0 Å². The van der Waals surface area contributed by atoms with Gasteiger partial charge in [0.05, 0.1) is 41.6 Å². The zero-order valence-corrected chi connectivity index (χ0v) is 17.9. The summed E-state index contributed by atoms with van der Waals surface area (Å²) in [4.78, 5) is 0. The van der Waals surface area contributed by atoms with E-state index in [0.29, 0.717) is 0 Å². The third-order valence-electron chi connectivity index (χ3n) is 4.65. The van der Waals surface area contributed by atoms with Gasteiger partial charge in [-0.1, -0.05) is 59.3 Å². The lowest BCUT2D eigenvalue weighted by atomic mass is 10.1. The second-order valence-electron chi connectivity index (χ2n) is 7.37. The van der Waals surface area contributed by atoms with E-state index >= 15 is 0 Å². The lowest BCUT2D eigenvalue weighted by molar-refractivity contribution is -1.92. The van der Waals surface area contributed by atoms with Gasteiger partial charge in [0.15, 0.2) is 0 Å². The van der Waals surface area contributed by atoms with Gasteiger partial charge in [-0.05, 0) is 38.5 Å². The van der Waals surface area contributed by atoms with Crippen molar-refractivity contribution in [1.82, 2.24) is 0 Å². The fourth-order valence-electron chi connectivity index (χ4n) is 3.10. The molecular formula is C19H43ClNO4+. The Bertz CT molecular complexity index is 235. The van der Waals surface area contributed by atoms with Gasteiger partial charge in [0.2, 0.25) is 0 Å². The first kappa shape index (κ1) is 27.3. The SMILES string of the molecule is CCCCCC[N+](C)(CCCCCC)CCCCCC.[O-][Cl+3]([O-])([O-])O. The molecule has 6 heteroatoms. The molecule has 0 rings (SSSR count). The molecule has 0 aliphatic carbocycles. The quantitative estimate of drug-likeness (QED) is 0.345. The minimum absolute atomic E-state index is 1.34. The largest absolute Gasteiger partial charge is 0.326 e. The Morgan fingerprint density at radius 2 is 0.840 bits per heavy atom. The van der Waals surface area contributed by atoms with Crippen LogP contribution in [0, 0.1) is 10.2 Å². The average molecular weight is 385 g/mol. The summed E-state index contributed by atoms with van der Waals surface area (Å²) in [5, 5.41) is 0. The molecule has 0 fully saturated rings. The molecule has 154 valence electrons. The first-order valence-electron chi connectivity index (χ1n) is 10.1. The highest BCUT2D eigenvalue weighted by molar-refractivity contribution is 4.48. The molecule has 0 aromatic carbocycles. The fourth-order valence-corrected chi connectivity index (χ4v) is 3.10. The lowest BCUT2D eigenvalue weighted by Gasteiger charge is -2.35. The van der Waals surface area contributed by atoms with E-state index < -0.39 is 10.2 Å². The predicted octanol–water partition coefficient (Wildman–Crippen LogP) is 2.05. The Labute approximate surface area is 158 Å². The maximum atomic E-state index is 8.60. The predicted molar refractivity (Wildman–Crippen MR) is 95.4 cm³/mol. The molecule has 0 bridgehead atoms. The minimum atomic E-state index is -4.69. The van der Waals surface area contributed by atoms with Crippen LogP contribution in [0.2, 0.25) is 0 Å². The standard InChI is InChI=1S/C19H42N.ClHO4/c1-5-8-11-14-17-20(4,18-15-12-9-6-2)19-16-13-10-7-3;2-1(3,4)5/h5-19H2,1-4H3;(H,2,3,4,5)/q+1;. The summed E-state index contributed by atoms with van der Waals surface area (Å²) < 4.78 is 34.1. The summed E-state index contributed by atoms with van der Waals surface area (Å²) in [5.41, 5.74) is 0. The zero-order valence-electron chi connectivity index (χ0n) is 17.1. The van der Waals surface area contributed by atoms with Crippen LogP contribution in [0.1, 0.15) is 97.8 Å². The number of rotatable bonds is 15. The molecule has 0 saturated carbocycles. The van der Waals surface area contributed by atoms with Crippen molar-refractivity contribution in [1.29, 1.82) is 0 Å². The van der Waals surface area contributed by atoms with Crippen LogP contribution in [0.4, 0.5) is 0 Å². The molecule has 0 aliphatic rings. The molecule has 0 saturated heterocycles. The van der Waals surface area contributed by atoms with Gasteiger partial charge in [-0.25, -0.2) is 0 Å². The van der Waals surface area contributed by atoms with Crippen molar-refractivity contribution in [2.75, 3.05) is 26.7 Å². The lowest BCUT2D eigenvalue weighted by Crippen LogP contribution is -2.58. The fraction of sp³-hybridized carbons (Fsp3) is 1.00. The molecule has 0 radical (unpaired) electrons. The molecule has 5 nitrogen and oxygen atoms in total. The second-order valence-corrected chi connectivity index (χ2v) is 8.16. The maximum absolute atomic E-state index is 8.60. The number of hydrogen-bond acceptors (Lipinski definition) is 4. The van der Waals surface area contributed by atoms with Gasteiger partial charge in [-0.15, -0.1) is 0 Å². The van der Waals surface area contributed by atoms with Crippen molar-refractivity contribution in [3.63, 3.8) is 0 Å². The van der Waals surface area contributed by atoms with Gasteiger partial charge in [0.1, 0.15) is 0 Å². The Kier molecular flexibility index (Phi) is 19.1. The summed E-state index contributed by atoms with van der Waals surface area (Å²) in [5.74, 6) is 0. The normalized spacial score (nSPS) is 12.0. The van der Waals surface area contributed by atoms with E-state index in [-0.39, 0.29) is 0 Å². The van der Waals surface area contributed by atoms with Crippen LogP contribution in [0.25, 0.3) is 0 Å². The highest BCUT2D eigenvalue weighted by Gasteiger charge is 2.19. The molecule has 0 aliphatic heterocycles. The summed E-state index contributed by atoms with van der Waals surface area (Å²) in [7, 11) is -2.18. The van der Waals surface area contributed by atoms with E-state index in [1.807, 2.05) is 0 Å². The van der Waals surface area contributed by atoms with Crippen LogP contribution in [-0.2, 0) is 0 Å². The van der Waals surface area contributed by atoms with E-state index in [0.717, 1.165) is 0 Å². The van der Waals surface area contributed by atoms with Crippen molar-refractivity contribution in [3.8, 4) is 0 Å². The first-order valence-corrected chi connectivity index (χ1v) is 11.4. The van der Waals surface area contributed by atoms with Crippen molar-refractivity contribution < 1.29 is 33.4 Å². The van der Waals surface area contributed by atoms with E-state index in [4.69, 9.17) is 18.6 Å². The topological polar surface area (TPSA) is 89.4 Å².